The van der Waals surface area contributed by atoms with Crippen LogP contribution in [0.1, 0.15) is 31.1 Å². The molecule has 1 amide bonds. The smallest absolute Gasteiger partial charge is 0.412 e. The lowest BCUT2D eigenvalue weighted by atomic mass is 10.0. The molecule has 0 aliphatic heterocycles. The Bertz CT molecular complexity index is 737. The number of amides is 1. The molecule has 2 rings (SSSR count). The summed E-state index contributed by atoms with van der Waals surface area (Å²) in [4.78, 5) is 24.1. The topological polar surface area (TPSA) is 64.6 Å². The van der Waals surface area contributed by atoms with Crippen LogP contribution in [0.2, 0.25) is 0 Å². The van der Waals surface area contributed by atoms with E-state index >= 15 is 0 Å². The van der Waals surface area contributed by atoms with E-state index in [0.29, 0.717) is 5.69 Å². The summed E-state index contributed by atoms with van der Waals surface area (Å²) >= 11 is 5.45. The minimum Gasteiger partial charge on any atom is -0.446 e. The highest BCUT2D eigenvalue weighted by Crippen LogP contribution is 2.25. The summed E-state index contributed by atoms with van der Waals surface area (Å²) in [6, 6.07) is 10.6. The van der Waals surface area contributed by atoms with Crippen molar-refractivity contribution in [1.82, 2.24) is 0 Å². The molecule has 0 saturated heterocycles. The van der Waals surface area contributed by atoms with Crippen molar-refractivity contribution >= 4 is 40.1 Å². The van der Waals surface area contributed by atoms with E-state index in [1.54, 1.807) is 32.9 Å². The summed E-state index contributed by atoms with van der Waals surface area (Å²) < 4.78 is 10.1. The molecule has 0 spiro atoms. The van der Waals surface area contributed by atoms with Crippen molar-refractivity contribution in [2.75, 3.05) is 11.4 Å². The monoisotopic (exact) mass is 335 g/mol. The zero-order valence-corrected chi connectivity index (χ0v) is 13.9. The first kappa shape index (κ1) is 17.1. The molecule has 0 heterocycles. The predicted octanol–water partition coefficient (Wildman–Crippen LogP) is 4.54. The molecular formula is C17H18ClNO4. The molecule has 0 fully saturated rings. The van der Waals surface area contributed by atoms with Gasteiger partial charge in [0.05, 0.1) is 11.3 Å². The molecule has 122 valence electrons. The van der Waals surface area contributed by atoms with Crippen molar-refractivity contribution in [3.05, 3.63) is 42.0 Å². The van der Waals surface area contributed by atoms with Crippen LogP contribution in [-0.2, 0) is 9.47 Å². The van der Waals surface area contributed by atoms with E-state index in [0.717, 1.165) is 10.8 Å². The van der Waals surface area contributed by atoms with Crippen molar-refractivity contribution in [3.63, 3.8) is 0 Å². The second kappa shape index (κ2) is 6.87. The van der Waals surface area contributed by atoms with E-state index in [1.807, 2.05) is 24.3 Å². The van der Waals surface area contributed by atoms with E-state index in [1.165, 1.54) is 0 Å². The lowest BCUT2D eigenvalue weighted by Gasteiger charge is -2.20. The standard InChI is InChI=1S/C17H18ClNO4/c1-17(2,3)23-16(21)19-14-9-12-7-5-4-6-11(12)8-13(14)15(20)22-10-18/h4-9H,10H2,1-3H3,(H,19,21). The summed E-state index contributed by atoms with van der Waals surface area (Å²) in [5, 5.41) is 4.32. The number of carbonyl (C=O) groups excluding carboxylic acids is 2. The van der Waals surface area contributed by atoms with Crippen molar-refractivity contribution in [2.24, 2.45) is 0 Å². The first-order chi connectivity index (χ1) is 10.8. The van der Waals surface area contributed by atoms with Gasteiger partial charge in [-0.05, 0) is 43.7 Å². The zero-order valence-electron chi connectivity index (χ0n) is 13.2. The van der Waals surface area contributed by atoms with Crippen LogP contribution in [0.25, 0.3) is 10.8 Å². The number of benzene rings is 2. The van der Waals surface area contributed by atoms with Crippen LogP contribution >= 0.6 is 11.6 Å². The van der Waals surface area contributed by atoms with Gasteiger partial charge >= 0.3 is 12.1 Å². The number of halogens is 1. The number of anilines is 1. The van der Waals surface area contributed by atoms with Gasteiger partial charge in [-0.1, -0.05) is 35.9 Å². The number of carbonyl (C=O) groups is 2. The summed E-state index contributed by atoms with van der Waals surface area (Å²) in [6.45, 7) is 5.28. The number of ether oxygens (including phenoxy) is 2. The quantitative estimate of drug-likeness (QED) is 0.660. The Morgan fingerprint density at radius 2 is 1.74 bits per heavy atom. The van der Waals surface area contributed by atoms with Crippen LogP contribution in [0.3, 0.4) is 0 Å². The minimum absolute atomic E-state index is 0.218. The minimum atomic E-state index is -0.646. The average Bonchev–Trinajstić information content (AvgIpc) is 2.44. The van der Waals surface area contributed by atoms with Gasteiger partial charge in [-0.2, -0.15) is 0 Å². The van der Waals surface area contributed by atoms with Gasteiger partial charge in [-0.25, -0.2) is 9.59 Å². The Morgan fingerprint density at radius 3 is 2.30 bits per heavy atom. The maximum Gasteiger partial charge on any atom is 0.412 e. The van der Waals surface area contributed by atoms with E-state index in [4.69, 9.17) is 21.1 Å². The second-order valence-corrected chi connectivity index (χ2v) is 6.13. The average molecular weight is 336 g/mol. The molecule has 0 aliphatic rings. The highest BCUT2D eigenvalue weighted by molar-refractivity contribution is 6.18. The number of esters is 1. The highest BCUT2D eigenvalue weighted by Gasteiger charge is 2.20. The molecule has 0 aromatic heterocycles. The fourth-order valence-corrected chi connectivity index (χ4v) is 2.15. The van der Waals surface area contributed by atoms with Gasteiger partial charge in [0.25, 0.3) is 0 Å². The van der Waals surface area contributed by atoms with Crippen LogP contribution in [0.4, 0.5) is 10.5 Å². The van der Waals surface area contributed by atoms with Gasteiger partial charge in [-0.3, -0.25) is 5.32 Å². The summed E-state index contributed by atoms with van der Waals surface area (Å²) in [6.07, 6.45) is -0.646. The zero-order chi connectivity index (χ0) is 17.0. The fourth-order valence-electron chi connectivity index (χ4n) is 2.05. The maximum absolute atomic E-state index is 12.1. The van der Waals surface area contributed by atoms with Crippen LogP contribution in [0.5, 0.6) is 0 Å². The Labute approximate surface area is 139 Å². The Morgan fingerprint density at radius 1 is 1.13 bits per heavy atom. The summed E-state index contributed by atoms with van der Waals surface area (Å²) in [5.74, 6) is -0.614. The molecule has 0 unspecified atom stereocenters. The van der Waals surface area contributed by atoms with Crippen molar-refractivity contribution in [3.8, 4) is 0 Å². The van der Waals surface area contributed by atoms with Crippen LogP contribution in [-0.4, -0.2) is 23.7 Å². The molecule has 0 aliphatic carbocycles. The third-order valence-corrected chi connectivity index (χ3v) is 3.04. The number of rotatable bonds is 3. The first-order valence-electron chi connectivity index (χ1n) is 7.06. The molecule has 0 saturated carbocycles. The predicted molar refractivity (Wildman–Crippen MR) is 89.9 cm³/mol. The number of nitrogens with one attached hydrogen (secondary N) is 1. The van der Waals surface area contributed by atoms with Gasteiger partial charge in [-0.15, -0.1) is 0 Å². The molecule has 5 nitrogen and oxygen atoms in total. The normalized spacial score (nSPS) is 11.1. The Hall–Kier alpha value is -2.27. The number of hydrogen-bond acceptors (Lipinski definition) is 4. The Kier molecular flexibility index (Phi) is 5.11. The van der Waals surface area contributed by atoms with Crippen LogP contribution < -0.4 is 5.32 Å². The van der Waals surface area contributed by atoms with Gasteiger partial charge in [0.1, 0.15) is 5.60 Å². The summed E-state index contributed by atoms with van der Waals surface area (Å²) in [5.41, 5.74) is -0.110. The molecule has 2 aromatic rings. The van der Waals surface area contributed by atoms with E-state index in [-0.39, 0.29) is 11.6 Å². The van der Waals surface area contributed by atoms with Crippen molar-refractivity contribution in [2.45, 2.75) is 26.4 Å². The number of fused-ring (bicyclic) bond motifs is 1. The maximum atomic E-state index is 12.1. The van der Waals surface area contributed by atoms with Crippen LogP contribution in [0, 0.1) is 0 Å². The van der Waals surface area contributed by atoms with Gasteiger partial charge in [0.2, 0.25) is 0 Å². The lowest BCUT2D eigenvalue weighted by molar-refractivity contribution is 0.0575. The SMILES string of the molecule is CC(C)(C)OC(=O)Nc1cc2ccccc2cc1C(=O)OCCl. The van der Waals surface area contributed by atoms with Gasteiger partial charge in [0.15, 0.2) is 6.07 Å². The fraction of sp³-hybridized carbons (Fsp3) is 0.294. The first-order valence-corrected chi connectivity index (χ1v) is 7.59. The largest absolute Gasteiger partial charge is 0.446 e. The van der Waals surface area contributed by atoms with Crippen LogP contribution in [0.15, 0.2) is 36.4 Å². The van der Waals surface area contributed by atoms with Crippen molar-refractivity contribution < 1.29 is 19.1 Å². The van der Waals surface area contributed by atoms with E-state index in [2.05, 4.69) is 5.32 Å². The van der Waals surface area contributed by atoms with Gasteiger partial charge in [0, 0.05) is 0 Å². The lowest BCUT2D eigenvalue weighted by Crippen LogP contribution is -2.27. The van der Waals surface area contributed by atoms with Crippen molar-refractivity contribution in [1.29, 1.82) is 0 Å². The Balaban J connectivity index is 2.40. The highest BCUT2D eigenvalue weighted by atomic mass is 35.5. The molecular weight excluding hydrogens is 318 g/mol. The molecule has 2 aromatic carbocycles. The van der Waals surface area contributed by atoms with E-state index < -0.39 is 17.7 Å². The molecule has 0 radical (unpaired) electrons. The number of alkyl halides is 1. The molecule has 23 heavy (non-hydrogen) atoms. The summed E-state index contributed by atoms with van der Waals surface area (Å²) in [7, 11) is 0. The molecule has 1 N–H and O–H groups in total. The molecule has 6 heteroatoms. The molecule has 0 atom stereocenters. The number of hydrogen-bond donors (Lipinski definition) is 1. The third-order valence-electron chi connectivity index (χ3n) is 2.93. The molecule has 0 bridgehead atoms. The third kappa shape index (κ3) is 4.60. The van der Waals surface area contributed by atoms with Gasteiger partial charge < -0.3 is 9.47 Å². The van der Waals surface area contributed by atoms with E-state index in [9.17, 15) is 9.59 Å². The second-order valence-electron chi connectivity index (χ2n) is 5.91.